The SMILES string of the molecule is O=C(O)COC1CCN(C(=O)Cc2ccsc2)CC1. The topological polar surface area (TPSA) is 66.8 Å². The Morgan fingerprint density at radius 3 is 2.74 bits per heavy atom. The van der Waals surface area contributed by atoms with Crippen LogP contribution < -0.4 is 0 Å². The normalized spacial score (nSPS) is 16.5. The highest BCUT2D eigenvalue weighted by Gasteiger charge is 2.23. The van der Waals surface area contributed by atoms with Crippen molar-refractivity contribution < 1.29 is 19.4 Å². The smallest absolute Gasteiger partial charge is 0.329 e. The largest absolute Gasteiger partial charge is 0.480 e. The number of carboxylic acid groups (broad SMARTS) is 1. The van der Waals surface area contributed by atoms with E-state index < -0.39 is 5.97 Å². The summed E-state index contributed by atoms with van der Waals surface area (Å²) in [6, 6.07) is 1.96. The van der Waals surface area contributed by atoms with Gasteiger partial charge in [-0.15, -0.1) is 0 Å². The van der Waals surface area contributed by atoms with E-state index in [1.165, 1.54) is 0 Å². The van der Waals surface area contributed by atoms with Crippen LogP contribution in [0.5, 0.6) is 0 Å². The van der Waals surface area contributed by atoms with Crippen LogP contribution in [0.1, 0.15) is 18.4 Å². The van der Waals surface area contributed by atoms with Crippen molar-refractivity contribution in [2.24, 2.45) is 0 Å². The van der Waals surface area contributed by atoms with Gasteiger partial charge < -0.3 is 14.7 Å². The Labute approximate surface area is 115 Å². The number of thiophene rings is 1. The van der Waals surface area contributed by atoms with Gasteiger partial charge in [0.1, 0.15) is 6.61 Å². The van der Waals surface area contributed by atoms with Crippen molar-refractivity contribution in [3.63, 3.8) is 0 Å². The van der Waals surface area contributed by atoms with Crippen molar-refractivity contribution in [3.05, 3.63) is 22.4 Å². The van der Waals surface area contributed by atoms with E-state index in [1.807, 2.05) is 21.7 Å². The number of hydrogen-bond acceptors (Lipinski definition) is 4. The van der Waals surface area contributed by atoms with E-state index in [0.717, 1.165) is 5.56 Å². The molecule has 1 aromatic heterocycles. The lowest BCUT2D eigenvalue weighted by Crippen LogP contribution is -2.41. The summed E-state index contributed by atoms with van der Waals surface area (Å²) < 4.78 is 5.24. The Hall–Kier alpha value is -1.40. The molecule has 5 nitrogen and oxygen atoms in total. The van der Waals surface area contributed by atoms with Crippen LogP contribution in [0.4, 0.5) is 0 Å². The number of piperidine rings is 1. The van der Waals surface area contributed by atoms with E-state index in [1.54, 1.807) is 11.3 Å². The number of carbonyl (C=O) groups is 2. The maximum atomic E-state index is 12.0. The molecular weight excluding hydrogens is 266 g/mol. The second-order valence-electron chi connectivity index (χ2n) is 4.59. The van der Waals surface area contributed by atoms with Crippen molar-refractivity contribution in [1.82, 2.24) is 4.90 Å². The van der Waals surface area contributed by atoms with Gasteiger partial charge in [0.05, 0.1) is 12.5 Å². The maximum absolute atomic E-state index is 12.0. The number of rotatable bonds is 5. The number of ether oxygens (including phenoxy) is 1. The highest BCUT2D eigenvalue weighted by Crippen LogP contribution is 2.15. The van der Waals surface area contributed by atoms with Gasteiger partial charge in [0.15, 0.2) is 0 Å². The third kappa shape index (κ3) is 4.33. The number of carboxylic acids is 1. The highest BCUT2D eigenvalue weighted by atomic mass is 32.1. The molecule has 0 atom stereocenters. The number of carbonyl (C=O) groups excluding carboxylic acids is 1. The van der Waals surface area contributed by atoms with Gasteiger partial charge in [-0.05, 0) is 35.2 Å². The van der Waals surface area contributed by atoms with E-state index in [0.29, 0.717) is 32.4 Å². The van der Waals surface area contributed by atoms with E-state index >= 15 is 0 Å². The van der Waals surface area contributed by atoms with E-state index in [-0.39, 0.29) is 18.6 Å². The molecule has 1 amide bonds. The lowest BCUT2D eigenvalue weighted by molar-refractivity contribution is -0.146. The molecule has 0 aromatic carbocycles. The molecule has 2 rings (SSSR count). The molecule has 2 heterocycles. The molecule has 1 saturated heterocycles. The summed E-state index contributed by atoms with van der Waals surface area (Å²) in [6.45, 7) is 1.04. The summed E-state index contributed by atoms with van der Waals surface area (Å²) in [5.41, 5.74) is 1.05. The van der Waals surface area contributed by atoms with Crippen molar-refractivity contribution in [2.75, 3.05) is 19.7 Å². The molecule has 104 valence electrons. The standard InChI is InChI=1S/C13H17NO4S/c15-12(7-10-3-6-19-9-10)14-4-1-11(2-5-14)18-8-13(16)17/h3,6,9,11H,1-2,4-5,7-8H2,(H,16,17). The van der Waals surface area contributed by atoms with E-state index in [9.17, 15) is 9.59 Å². The van der Waals surface area contributed by atoms with Gasteiger partial charge in [-0.3, -0.25) is 4.79 Å². The first-order valence-corrected chi connectivity index (χ1v) is 7.21. The predicted octanol–water partition coefficient (Wildman–Crippen LogP) is 1.38. The molecule has 0 unspecified atom stereocenters. The quantitative estimate of drug-likeness (QED) is 0.886. The van der Waals surface area contributed by atoms with E-state index in [4.69, 9.17) is 9.84 Å². The Morgan fingerprint density at radius 2 is 2.16 bits per heavy atom. The monoisotopic (exact) mass is 283 g/mol. The van der Waals surface area contributed by atoms with E-state index in [2.05, 4.69) is 0 Å². The molecule has 1 N–H and O–H groups in total. The molecular formula is C13H17NO4S. The van der Waals surface area contributed by atoms with Crippen LogP contribution in [0, 0.1) is 0 Å². The molecule has 19 heavy (non-hydrogen) atoms. The van der Waals surface area contributed by atoms with Crippen molar-refractivity contribution in [1.29, 1.82) is 0 Å². The van der Waals surface area contributed by atoms with Crippen LogP contribution in [0.25, 0.3) is 0 Å². The van der Waals surface area contributed by atoms with Crippen LogP contribution in [-0.4, -0.2) is 47.7 Å². The average molecular weight is 283 g/mol. The molecule has 0 aliphatic carbocycles. The maximum Gasteiger partial charge on any atom is 0.329 e. The summed E-state index contributed by atoms with van der Waals surface area (Å²) in [6.07, 6.45) is 1.83. The first-order chi connectivity index (χ1) is 9.15. The molecule has 0 radical (unpaired) electrons. The van der Waals surface area contributed by atoms with Crippen LogP contribution in [0.2, 0.25) is 0 Å². The summed E-state index contributed by atoms with van der Waals surface area (Å²) >= 11 is 1.59. The number of nitrogens with zero attached hydrogens (tertiary/aromatic N) is 1. The van der Waals surface area contributed by atoms with Crippen molar-refractivity contribution >= 4 is 23.2 Å². The fraction of sp³-hybridized carbons (Fsp3) is 0.538. The number of amides is 1. The molecule has 0 bridgehead atoms. The van der Waals surface area contributed by atoms with Gasteiger partial charge in [0.2, 0.25) is 5.91 Å². The van der Waals surface area contributed by atoms with Crippen LogP contribution in [-0.2, 0) is 20.7 Å². The fourth-order valence-corrected chi connectivity index (χ4v) is 2.81. The number of hydrogen-bond donors (Lipinski definition) is 1. The number of likely N-dealkylation sites (tertiary alicyclic amines) is 1. The number of aliphatic carboxylic acids is 1. The molecule has 6 heteroatoms. The minimum absolute atomic E-state index is 0.0405. The van der Waals surface area contributed by atoms with Crippen LogP contribution >= 0.6 is 11.3 Å². The second kappa shape index (κ2) is 6.68. The third-order valence-electron chi connectivity index (χ3n) is 3.17. The first-order valence-electron chi connectivity index (χ1n) is 6.27. The Balaban J connectivity index is 1.73. The molecule has 0 saturated carbocycles. The van der Waals surface area contributed by atoms with Crippen LogP contribution in [0.3, 0.4) is 0 Å². The summed E-state index contributed by atoms with van der Waals surface area (Å²) in [5, 5.41) is 12.5. The molecule has 1 fully saturated rings. The Bertz CT molecular complexity index is 424. The average Bonchev–Trinajstić information content (AvgIpc) is 2.89. The summed E-state index contributed by atoms with van der Waals surface area (Å²) in [7, 11) is 0. The molecule has 1 aromatic rings. The van der Waals surface area contributed by atoms with Gasteiger partial charge in [-0.1, -0.05) is 0 Å². The minimum Gasteiger partial charge on any atom is -0.480 e. The zero-order chi connectivity index (χ0) is 13.7. The van der Waals surface area contributed by atoms with Gasteiger partial charge in [-0.25, -0.2) is 4.79 Å². The van der Waals surface area contributed by atoms with Gasteiger partial charge >= 0.3 is 5.97 Å². The lowest BCUT2D eigenvalue weighted by atomic mass is 10.1. The van der Waals surface area contributed by atoms with Gasteiger partial charge in [0, 0.05) is 13.1 Å². The van der Waals surface area contributed by atoms with Crippen molar-refractivity contribution in [2.45, 2.75) is 25.4 Å². The third-order valence-corrected chi connectivity index (χ3v) is 3.90. The molecule has 0 spiro atoms. The lowest BCUT2D eigenvalue weighted by Gasteiger charge is -2.31. The minimum atomic E-state index is -0.948. The molecule has 1 aliphatic rings. The van der Waals surface area contributed by atoms with Crippen LogP contribution in [0.15, 0.2) is 16.8 Å². The predicted molar refractivity (Wildman–Crippen MR) is 71.2 cm³/mol. The second-order valence-corrected chi connectivity index (χ2v) is 5.37. The fourth-order valence-electron chi connectivity index (χ4n) is 2.14. The molecule has 1 aliphatic heterocycles. The zero-order valence-corrected chi connectivity index (χ0v) is 11.4. The van der Waals surface area contributed by atoms with Crippen molar-refractivity contribution in [3.8, 4) is 0 Å². The highest BCUT2D eigenvalue weighted by molar-refractivity contribution is 7.07. The first kappa shape index (κ1) is 14.0. The van der Waals surface area contributed by atoms with Gasteiger partial charge in [-0.2, -0.15) is 11.3 Å². The Morgan fingerprint density at radius 1 is 1.42 bits per heavy atom. The van der Waals surface area contributed by atoms with Gasteiger partial charge in [0.25, 0.3) is 0 Å². The summed E-state index contributed by atoms with van der Waals surface area (Å²) in [5.74, 6) is -0.814. The Kier molecular flexibility index (Phi) is 4.93. The summed E-state index contributed by atoms with van der Waals surface area (Å²) in [4.78, 5) is 24.3. The zero-order valence-electron chi connectivity index (χ0n) is 10.6.